The Hall–Kier alpha value is -2.28. The number of rotatable bonds is 6. The van der Waals surface area contributed by atoms with E-state index >= 15 is 0 Å². The molecule has 1 amide bonds. The summed E-state index contributed by atoms with van der Waals surface area (Å²) in [7, 11) is 1.42. The van der Waals surface area contributed by atoms with E-state index in [2.05, 4.69) is 11.2 Å². The van der Waals surface area contributed by atoms with Gasteiger partial charge in [-0.15, -0.1) is 0 Å². The van der Waals surface area contributed by atoms with Gasteiger partial charge < -0.3 is 4.90 Å². The number of aromatic nitrogens is 2. The molecular weight excluding hydrogens is 415 g/mol. The zero-order chi connectivity index (χ0) is 21.4. The monoisotopic (exact) mass is 437 g/mol. The molecule has 0 spiro atoms. The van der Waals surface area contributed by atoms with E-state index in [0.717, 1.165) is 54.3 Å². The highest BCUT2D eigenvalue weighted by molar-refractivity contribution is 6.33. The van der Waals surface area contributed by atoms with E-state index < -0.39 is 18.0 Å². The molecule has 0 atom stereocenters. The van der Waals surface area contributed by atoms with Crippen molar-refractivity contribution in [3.63, 3.8) is 0 Å². The molecule has 1 aromatic carbocycles. The fourth-order valence-corrected chi connectivity index (χ4v) is 4.26. The number of benzene rings is 1. The first-order chi connectivity index (χ1) is 14.4. The maximum atomic E-state index is 14.1. The van der Waals surface area contributed by atoms with Crippen LogP contribution in [-0.4, -0.2) is 26.6 Å². The van der Waals surface area contributed by atoms with E-state index in [1.807, 2.05) is 0 Å². The van der Waals surface area contributed by atoms with E-state index in [4.69, 9.17) is 11.6 Å². The first-order valence-corrected chi connectivity index (χ1v) is 10.5. The molecule has 2 aromatic rings. The number of alkyl halides is 2. The van der Waals surface area contributed by atoms with Crippen molar-refractivity contribution >= 4 is 23.1 Å². The van der Waals surface area contributed by atoms with Crippen LogP contribution in [0.25, 0.3) is 5.57 Å². The molecule has 1 heterocycles. The second kappa shape index (κ2) is 8.46. The fraction of sp³-hybridized carbons (Fsp3) is 0.455. The molecule has 8 heteroatoms. The second-order valence-electron chi connectivity index (χ2n) is 7.92. The topological polar surface area (TPSA) is 38.1 Å². The summed E-state index contributed by atoms with van der Waals surface area (Å²) in [5.74, 6) is -0.972. The Balaban J connectivity index is 1.70. The first kappa shape index (κ1) is 21.0. The zero-order valence-electron chi connectivity index (χ0n) is 16.7. The highest BCUT2D eigenvalue weighted by Gasteiger charge is 2.38. The fourth-order valence-electron chi connectivity index (χ4n) is 4.04. The predicted molar refractivity (Wildman–Crippen MR) is 109 cm³/mol. The SMILES string of the molecule is Cn1nc(C(F)F)c(C(=O)N(Cc2cc(F)ccc2C2=CCCCC2)C2CC2)c1Cl. The van der Waals surface area contributed by atoms with Crippen molar-refractivity contribution in [2.75, 3.05) is 0 Å². The summed E-state index contributed by atoms with van der Waals surface area (Å²) in [5, 5.41) is 3.61. The molecule has 2 aliphatic carbocycles. The average Bonchev–Trinajstić information content (AvgIpc) is 3.52. The Morgan fingerprint density at radius 1 is 1.33 bits per heavy atom. The third-order valence-corrected chi connectivity index (χ3v) is 6.15. The minimum atomic E-state index is -2.92. The minimum Gasteiger partial charge on any atom is -0.331 e. The van der Waals surface area contributed by atoms with Gasteiger partial charge in [-0.05, 0) is 67.4 Å². The molecule has 2 aliphatic rings. The molecule has 0 aliphatic heterocycles. The third-order valence-electron chi connectivity index (χ3n) is 5.72. The lowest BCUT2D eigenvalue weighted by molar-refractivity contribution is 0.0717. The van der Waals surface area contributed by atoms with Crippen molar-refractivity contribution in [3.05, 3.63) is 57.6 Å². The van der Waals surface area contributed by atoms with Crippen molar-refractivity contribution in [2.24, 2.45) is 7.05 Å². The van der Waals surface area contributed by atoms with Gasteiger partial charge in [0.25, 0.3) is 12.3 Å². The minimum absolute atomic E-state index is 0.0734. The van der Waals surface area contributed by atoms with Crippen molar-refractivity contribution in [1.29, 1.82) is 0 Å². The van der Waals surface area contributed by atoms with E-state index in [1.54, 1.807) is 6.07 Å². The molecule has 30 heavy (non-hydrogen) atoms. The van der Waals surface area contributed by atoms with Crippen LogP contribution in [0.3, 0.4) is 0 Å². The quantitative estimate of drug-likeness (QED) is 0.563. The number of nitrogens with zero attached hydrogens (tertiary/aromatic N) is 3. The Labute approximate surface area is 178 Å². The van der Waals surface area contributed by atoms with E-state index in [9.17, 15) is 18.0 Å². The summed E-state index contributed by atoms with van der Waals surface area (Å²) in [6.45, 7) is 0.141. The highest BCUT2D eigenvalue weighted by Crippen LogP contribution is 2.36. The summed E-state index contributed by atoms with van der Waals surface area (Å²) in [5.41, 5.74) is 1.86. The van der Waals surface area contributed by atoms with Gasteiger partial charge in [-0.2, -0.15) is 5.10 Å². The number of carbonyl (C=O) groups is 1. The normalized spacial score (nSPS) is 16.7. The number of allylic oxidation sites excluding steroid dienone is 2. The number of hydrogen-bond acceptors (Lipinski definition) is 2. The molecule has 1 saturated carbocycles. The Morgan fingerprint density at radius 3 is 2.73 bits per heavy atom. The number of aryl methyl sites for hydroxylation is 1. The van der Waals surface area contributed by atoms with Crippen LogP contribution in [0.5, 0.6) is 0 Å². The lowest BCUT2D eigenvalue weighted by Crippen LogP contribution is -2.33. The maximum absolute atomic E-state index is 14.1. The van der Waals surface area contributed by atoms with Crippen LogP contribution >= 0.6 is 11.6 Å². The highest BCUT2D eigenvalue weighted by atomic mass is 35.5. The molecule has 0 radical (unpaired) electrons. The molecule has 160 valence electrons. The van der Waals surface area contributed by atoms with Crippen LogP contribution in [0.15, 0.2) is 24.3 Å². The van der Waals surface area contributed by atoms with E-state index in [-0.39, 0.29) is 29.1 Å². The summed E-state index contributed by atoms with van der Waals surface area (Å²) in [6.07, 6.45) is 4.87. The molecule has 0 N–H and O–H groups in total. The molecule has 4 nitrogen and oxygen atoms in total. The van der Waals surface area contributed by atoms with E-state index in [0.29, 0.717) is 5.56 Å². The molecular formula is C22H23ClF3N3O. The van der Waals surface area contributed by atoms with Gasteiger partial charge in [0.2, 0.25) is 0 Å². The standard InChI is InChI=1S/C22H23ClF3N3O/c1-28-20(23)18(19(27-28)21(25)26)22(30)29(16-8-9-16)12-14-11-15(24)7-10-17(14)13-5-3-2-4-6-13/h5,7,10-11,16,21H,2-4,6,8-9,12H2,1H3. The first-order valence-electron chi connectivity index (χ1n) is 10.2. The zero-order valence-corrected chi connectivity index (χ0v) is 17.4. The molecule has 1 aromatic heterocycles. The molecule has 0 saturated heterocycles. The molecule has 0 unspecified atom stereocenters. The van der Waals surface area contributed by atoms with Crippen molar-refractivity contribution in [2.45, 2.75) is 57.5 Å². The lowest BCUT2D eigenvalue weighted by Gasteiger charge is -2.25. The summed E-state index contributed by atoms with van der Waals surface area (Å²) < 4.78 is 42.1. The van der Waals surface area contributed by atoms with Gasteiger partial charge in [-0.25, -0.2) is 13.2 Å². The van der Waals surface area contributed by atoms with Crippen molar-refractivity contribution in [1.82, 2.24) is 14.7 Å². The molecule has 0 bridgehead atoms. The Kier molecular flexibility index (Phi) is 5.91. The smallest absolute Gasteiger partial charge is 0.283 e. The number of amides is 1. The van der Waals surface area contributed by atoms with Gasteiger partial charge in [0.1, 0.15) is 22.2 Å². The van der Waals surface area contributed by atoms with Gasteiger partial charge in [-0.1, -0.05) is 23.7 Å². The summed E-state index contributed by atoms with van der Waals surface area (Å²) >= 11 is 6.15. The predicted octanol–water partition coefficient (Wildman–Crippen LogP) is 5.91. The second-order valence-corrected chi connectivity index (χ2v) is 8.27. The van der Waals surface area contributed by atoms with Gasteiger partial charge >= 0.3 is 0 Å². The van der Waals surface area contributed by atoms with Crippen LogP contribution < -0.4 is 0 Å². The number of carbonyl (C=O) groups excluding carboxylic acids is 1. The van der Waals surface area contributed by atoms with Crippen LogP contribution in [-0.2, 0) is 13.6 Å². The van der Waals surface area contributed by atoms with Crippen LogP contribution in [0.1, 0.15) is 72.1 Å². The third kappa shape index (κ3) is 4.13. The number of hydrogen-bond donors (Lipinski definition) is 0. The maximum Gasteiger partial charge on any atom is 0.283 e. The summed E-state index contributed by atoms with van der Waals surface area (Å²) in [4.78, 5) is 14.8. The molecule has 4 rings (SSSR count). The van der Waals surface area contributed by atoms with Gasteiger partial charge in [0.05, 0.1) is 0 Å². The van der Waals surface area contributed by atoms with Gasteiger partial charge in [-0.3, -0.25) is 9.48 Å². The largest absolute Gasteiger partial charge is 0.331 e. The molecule has 1 fully saturated rings. The Bertz CT molecular complexity index is 998. The van der Waals surface area contributed by atoms with Crippen LogP contribution in [0.2, 0.25) is 5.15 Å². The van der Waals surface area contributed by atoms with E-state index in [1.165, 1.54) is 24.1 Å². The van der Waals surface area contributed by atoms with Crippen molar-refractivity contribution < 1.29 is 18.0 Å². The van der Waals surface area contributed by atoms with Gasteiger partial charge in [0, 0.05) is 19.6 Å². The number of halogens is 4. The lowest BCUT2D eigenvalue weighted by atomic mass is 9.90. The Morgan fingerprint density at radius 2 is 2.10 bits per heavy atom. The average molecular weight is 438 g/mol. The summed E-state index contributed by atoms with van der Waals surface area (Å²) in [6, 6.07) is 4.53. The van der Waals surface area contributed by atoms with Crippen molar-refractivity contribution in [3.8, 4) is 0 Å². The van der Waals surface area contributed by atoms with Crippen LogP contribution in [0, 0.1) is 5.82 Å². The van der Waals surface area contributed by atoms with Gasteiger partial charge in [0.15, 0.2) is 0 Å². The van der Waals surface area contributed by atoms with Crippen LogP contribution in [0.4, 0.5) is 13.2 Å².